The summed E-state index contributed by atoms with van der Waals surface area (Å²) in [7, 11) is -3.80. The Balaban J connectivity index is 1.63. The van der Waals surface area contributed by atoms with Gasteiger partial charge in [0.05, 0.1) is 15.9 Å². The molecule has 0 atom stereocenters. The molecule has 1 aliphatic rings. The fourth-order valence-corrected chi connectivity index (χ4v) is 5.23. The fourth-order valence-electron chi connectivity index (χ4n) is 3.77. The Labute approximate surface area is 181 Å². The molecule has 1 aliphatic heterocycles. The largest absolute Gasteiger partial charge is 0.330 e. The second-order valence-corrected chi connectivity index (χ2v) is 9.65. The second-order valence-electron chi connectivity index (χ2n) is 7.78. The molecule has 156 valence electrons. The molecular formula is C24H22N4O2S. The Morgan fingerprint density at radius 2 is 1.45 bits per heavy atom. The molecule has 1 aromatic heterocycles. The normalized spacial score (nSPS) is 13.6. The van der Waals surface area contributed by atoms with E-state index in [1.807, 2.05) is 79.4 Å². The van der Waals surface area contributed by atoms with Gasteiger partial charge in [-0.3, -0.25) is 0 Å². The third-order valence-electron chi connectivity index (χ3n) is 5.65. The van der Waals surface area contributed by atoms with Gasteiger partial charge >= 0.3 is 0 Å². The van der Waals surface area contributed by atoms with Crippen LogP contribution in [0.3, 0.4) is 0 Å². The van der Waals surface area contributed by atoms with E-state index in [-0.39, 0.29) is 11.6 Å². The van der Waals surface area contributed by atoms with Crippen molar-refractivity contribution in [3.8, 4) is 0 Å². The van der Waals surface area contributed by atoms with Crippen molar-refractivity contribution in [3.63, 3.8) is 0 Å². The van der Waals surface area contributed by atoms with Gasteiger partial charge in [-0.05, 0) is 54.8 Å². The maximum atomic E-state index is 13.6. The SMILES string of the molecule is Cc1ccc(S(=O)(=O)N2CN(Cc3ccccc3)c3nc4ccccc4nc32)cc1C. The molecule has 5 rings (SSSR count). The lowest BCUT2D eigenvalue weighted by Crippen LogP contribution is -2.35. The summed E-state index contributed by atoms with van der Waals surface area (Å²) in [6.07, 6.45) is 0. The van der Waals surface area contributed by atoms with Crippen molar-refractivity contribution in [3.05, 3.63) is 89.5 Å². The first-order valence-corrected chi connectivity index (χ1v) is 11.5. The molecular weight excluding hydrogens is 408 g/mol. The minimum atomic E-state index is -3.80. The summed E-state index contributed by atoms with van der Waals surface area (Å²) in [4.78, 5) is 11.7. The molecule has 3 aromatic carbocycles. The van der Waals surface area contributed by atoms with Crippen LogP contribution in [0.25, 0.3) is 11.0 Å². The first-order valence-electron chi connectivity index (χ1n) is 10.1. The summed E-state index contributed by atoms with van der Waals surface area (Å²) in [5.74, 6) is 0.947. The van der Waals surface area contributed by atoms with Crippen LogP contribution in [0.15, 0.2) is 77.7 Å². The van der Waals surface area contributed by atoms with Crippen LogP contribution in [0.5, 0.6) is 0 Å². The molecule has 7 heteroatoms. The smallest absolute Gasteiger partial charge is 0.267 e. The molecule has 0 unspecified atom stereocenters. The van der Waals surface area contributed by atoms with Crippen molar-refractivity contribution in [1.29, 1.82) is 0 Å². The minimum Gasteiger partial charge on any atom is -0.330 e. The monoisotopic (exact) mass is 430 g/mol. The summed E-state index contributed by atoms with van der Waals surface area (Å²) in [6.45, 7) is 4.59. The number of hydrogen-bond donors (Lipinski definition) is 0. The molecule has 0 fully saturated rings. The standard InChI is InChI=1S/C24H22N4O2S/c1-17-12-13-20(14-18(17)2)31(29,30)28-16-27(15-19-8-4-3-5-9-19)23-24(28)26-22-11-7-6-10-21(22)25-23/h3-14H,15-16H2,1-2H3. The van der Waals surface area contributed by atoms with Crippen LogP contribution in [-0.4, -0.2) is 25.1 Å². The molecule has 2 heterocycles. The molecule has 0 spiro atoms. The molecule has 0 saturated carbocycles. The zero-order chi connectivity index (χ0) is 21.6. The lowest BCUT2D eigenvalue weighted by molar-refractivity contribution is 0.590. The highest BCUT2D eigenvalue weighted by molar-refractivity contribution is 7.92. The van der Waals surface area contributed by atoms with Gasteiger partial charge in [-0.1, -0.05) is 48.5 Å². The second kappa shape index (κ2) is 7.35. The zero-order valence-electron chi connectivity index (χ0n) is 17.4. The summed E-state index contributed by atoms with van der Waals surface area (Å²) in [6, 6.07) is 22.7. The number of rotatable bonds is 4. The van der Waals surface area contributed by atoms with Crippen molar-refractivity contribution in [2.24, 2.45) is 0 Å². The van der Waals surface area contributed by atoms with Crippen LogP contribution in [0.1, 0.15) is 16.7 Å². The molecule has 4 aromatic rings. The van der Waals surface area contributed by atoms with Crippen molar-refractivity contribution in [2.75, 3.05) is 15.9 Å². The quantitative estimate of drug-likeness (QED) is 0.480. The van der Waals surface area contributed by atoms with E-state index >= 15 is 0 Å². The zero-order valence-corrected chi connectivity index (χ0v) is 18.2. The third-order valence-corrected chi connectivity index (χ3v) is 7.37. The maximum absolute atomic E-state index is 13.6. The average Bonchev–Trinajstić information content (AvgIpc) is 3.12. The minimum absolute atomic E-state index is 0.163. The molecule has 0 N–H and O–H groups in total. The van der Waals surface area contributed by atoms with Gasteiger partial charge in [0.15, 0.2) is 11.6 Å². The molecule has 6 nitrogen and oxygen atoms in total. The lowest BCUT2D eigenvalue weighted by atomic mass is 10.1. The van der Waals surface area contributed by atoms with Crippen LogP contribution in [0.4, 0.5) is 11.6 Å². The Hall–Kier alpha value is -3.45. The summed E-state index contributed by atoms with van der Waals surface area (Å²) >= 11 is 0. The van der Waals surface area contributed by atoms with Crippen LogP contribution in [0, 0.1) is 13.8 Å². The van der Waals surface area contributed by atoms with Gasteiger partial charge in [0, 0.05) is 6.54 Å². The van der Waals surface area contributed by atoms with Gasteiger partial charge in [0.1, 0.15) is 6.67 Å². The predicted molar refractivity (Wildman–Crippen MR) is 123 cm³/mol. The number of para-hydroxylation sites is 2. The summed E-state index contributed by atoms with van der Waals surface area (Å²) in [5, 5.41) is 0. The highest BCUT2D eigenvalue weighted by Gasteiger charge is 2.38. The number of sulfonamides is 1. The number of fused-ring (bicyclic) bond motifs is 2. The highest BCUT2D eigenvalue weighted by Crippen LogP contribution is 2.38. The topological polar surface area (TPSA) is 66.4 Å². The summed E-state index contributed by atoms with van der Waals surface area (Å²) < 4.78 is 28.6. The predicted octanol–water partition coefficient (Wildman–Crippen LogP) is 4.42. The lowest BCUT2D eigenvalue weighted by Gasteiger charge is -2.21. The third kappa shape index (κ3) is 3.41. The number of anilines is 2. The van der Waals surface area contributed by atoms with Crippen molar-refractivity contribution in [2.45, 2.75) is 25.3 Å². The van der Waals surface area contributed by atoms with E-state index in [1.165, 1.54) is 4.31 Å². The van der Waals surface area contributed by atoms with Crippen molar-refractivity contribution < 1.29 is 8.42 Å². The average molecular weight is 431 g/mol. The Morgan fingerprint density at radius 1 is 0.806 bits per heavy atom. The number of nitrogens with zero attached hydrogens (tertiary/aromatic N) is 4. The molecule has 0 bridgehead atoms. The van der Waals surface area contributed by atoms with Gasteiger partial charge in [-0.15, -0.1) is 0 Å². The number of hydrogen-bond acceptors (Lipinski definition) is 5. The van der Waals surface area contributed by atoms with E-state index < -0.39 is 10.0 Å². The van der Waals surface area contributed by atoms with Gasteiger partial charge < -0.3 is 4.90 Å². The molecule has 0 amide bonds. The van der Waals surface area contributed by atoms with Crippen LogP contribution < -0.4 is 9.21 Å². The first-order chi connectivity index (χ1) is 14.9. The fraction of sp³-hybridized carbons (Fsp3) is 0.167. The number of aromatic nitrogens is 2. The van der Waals surface area contributed by atoms with Gasteiger partial charge in [-0.25, -0.2) is 22.7 Å². The van der Waals surface area contributed by atoms with Crippen LogP contribution in [0.2, 0.25) is 0 Å². The van der Waals surface area contributed by atoms with Crippen LogP contribution in [-0.2, 0) is 16.6 Å². The Kier molecular flexibility index (Phi) is 4.63. The van der Waals surface area contributed by atoms with Gasteiger partial charge in [0.2, 0.25) is 0 Å². The maximum Gasteiger partial charge on any atom is 0.267 e. The molecule has 31 heavy (non-hydrogen) atoms. The number of aryl methyl sites for hydroxylation is 2. The van der Waals surface area contributed by atoms with Crippen molar-refractivity contribution >= 4 is 32.7 Å². The number of benzene rings is 3. The van der Waals surface area contributed by atoms with E-state index in [4.69, 9.17) is 9.97 Å². The highest BCUT2D eigenvalue weighted by atomic mass is 32.2. The molecule has 0 radical (unpaired) electrons. The van der Waals surface area contributed by atoms with E-state index in [1.54, 1.807) is 12.1 Å². The van der Waals surface area contributed by atoms with Crippen LogP contribution >= 0.6 is 0 Å². The van der Waals surface area contributed by atoms with E-state index in [0.717, 1.165) is 22.2 Å². The van der Waals surface area contributed by atoms with Gasteiger partial charge in [-0.2, -0.15) is 0 Å². The van der Waals surface area contributed by atoms with Gasteiger partial charge in [0.25, 0.3) is 10.0 Å². The van der Waals surface area contributed by atoms with Crippen molar-refractivity contribution in [1.82, 2.24) is 9.97 Å². The first kappa shape index (κ1) is 19.5. The summed E-state index contributed by atoms with van der Waals surface area (Å²) in [5.41, 5.74) is 4.48. The van der Waals surface area contributed by atoms with E-state index in [2.05, 4.69) is 0 Å². The van der Waals surface area contributed by atoms with E-state index in [0.29, 0.717) is 23.7 Å². The Bertz CT molecular complexity index is 1390. The molecule has 0 saturated heterocycles. The van der Waals surface area contributed by atoms with E-state index in [9.17, 15) is 8.42 Å². The molecule has 0 aliphatic carbocycles. The Morgan fingerprint density at radius 3 is 2.13 bits per heavy atom.